The predicted molar refractivity (Wildman–Crippen MR) is 116 cm³/mol. The van der Waals surface area contributed by atoms with Crippen molar-refractivity contribution in [3.8, 4) is 0 Å². The maximum absolute atomic E-state index is 13.5. The van der Waals surface area contributed by atoms with Gasteiger partial charge in [-0.3, -0.25) is 0 Å². The van der Waals surface area contributed by atoms with Gasteiger partial charge in [0, 0.05) is 25.8 Å². The number of hydrogen-bond acceptors (Lipinski definition) is 7. The molecule has 0 spiro atoms. The van der Waals surface area contributed by atoms with Gasteiger partial charge in [-0.25, -0.2) is 22.3 Å². The molecule has 0 amide bonds. The first-order chi connectivity index (χ1) is 15.2. The summed E-state index contributed by atoms with van der Waals surface area (Å²) < 4.78 is 52.5. The van der Waals surface area contributed by atoms with Crippen molar-refractivity contribution in [2.45, 2.75) is 48.4 Å². The smallest absolute Gasteiger partial charge is 0.328 e. The van der Waals surface area contributed by atoms with Gasteiger partial charge in [0.05, 0.1) is 34.0 Å². The third kappa shape index (κ3) is 4.23. The molecule has 8 nitrogen and oxygen atoms in total. The molecule has 32 heavy (non-hydrogen) atoms. The van der Waals surface area contributed by atoms with Gasteiger partial charge in [0.2, 0.25) is 0 Å². The van der Waals surface area contributed by atoms with Gasteiger partial charge < -0.3 is 14.4 Å². The first kappa shape index (κ1) is 23.0. The van der Waals surface area contributed by atoms with Crippen LogP contribution in [0.5, 0.6) is 0 Å². The van der Waals surface area contributed by atoms with Crippen LogP contribution in [0.1, 0.15) is 31.0 Å². The molecular weight excluding hydrogens is 461 g/mol. The number of ether oxygens (including phenoxy) is 2. The molecule has 174 valence electrons. The third-order valence-corrected chi connectivity index (χ3v) is 8.66. The summed E-state index contributed by atoms with van der Waals surface area (Å²) >= 11 is 6.05. The number of benzene rings is 1. The molecule has 0 saturated carbocycles. The van der Waals surface area contributed by atoms with Crippen LogP contribution in [-0.4, -0.2) is 62.3 Å². The number of sulfone groups is 1. The van der Waals surface area contributed by atoms with Gasteiger partial charge >= 0.3 is 5.97 Å². The van der Waals surface area contributed by atoms with Crippen LogP contribution in [0.25, 0.3) is 0 Å². The Labute approximate surface area is 191 Å². The van der Waals surface area contributed by atoms with E-state index in [0.29, 0.717) is 19.0 Å². The molecule has 2 saturated heterocycles. The van der Waals surface area contributed by atoms with E-state index in [0.717, 1.165) is 30.7 Å². The van der Waals surface area contributed by atoms with E-state index < -0.39 is 32.9 Å². The molecule has 1 aromatic carbocycles. The lowest BCUT2D eigenvalue weighted by Crippen LogP contribution is -2.39. The summed E-state index contributed by atoms with van der Waals surface area (Å²) in [6, 6.07) is 4.35. The summed E-state index contributed by atoms with van der Waals surface area (Å²) in [4.78, 5) is 14.2. The normalized spacial score (nSPS) is 22.3. The van der Waals surface area contributed by atoms with E-state index in [2.05, 4.69) is 5.10 Å². The van der Waals surface area contributed by atoms with Crippen LogP contribution >= 0.6 is 11.6 Å². The number of halogens is 2. The summed E-state index contributed by atoms with van der Waals surface area (Å²) in [5.41, 5.74) is 0.767. The van der Waals surface area contributed by atoms with Gasteiger partial charge in [0.25, 0.3) is 0 Å². The molecular formula is C21H25ClFN3O5S. The Hall–Kier alpha value is -2.17. The van der Waals surface area contributed by atoms with Crippen LogP contribution < -0.4 is 4.90 Å². The summed E-state index contributed by atoms with van der Waals surface area (Å²) in [5.74, 6) is -0.469. The Bertz CT molecular complexity index is 1120. The van der Waals surface area contributed by atoms with Crippen LogP contribution in [-0.2, 0) is 24.1 Å². The number of carbonyl (C=O) groups is 1. The highest BCUT2D eigenvalue weighted by Gasteiger charge is 2.46. The monoisotopic (exact) mass is 485 g/mol. The zero-order valence-electron chi connectivity index (χ0n) is 17.8. The van der Waals surface area contributed by atoms with E-state index in [-0.39, 0.29) is 28.9 Å². The number of methoxy groups -OCH3 is 1. The van der Waals surface area contributed by atoms with E-state index in [1.54, 1.807) is 4.90 Å². The second-order valence-corrected chi connectivity index (χ2v) is 10.7. The lowest BCUT2D eigenvalue weighted by atomic mass is 10.1. The number of esters is 1. The predicted octanol–water partition coefficient (Wildman–Crippen LogP) is 2.93. The molecule has 3 heterocycles. The van der Waals surface area contributed by atoms with Crippen LogP contribution in [0.3, 0.4) is 0 Å². The maximum Gasteiger partial charge on any atom is 0.328 e. The summed E-state index contributed by atoms with van der Waals surface area (Å²) in [5, 5.41) is 3.52. The fourth-order valence-corrected chi connectivity index (χ4v) is 6.67. The highest BCUT2D eigenvalue weighted by atomic mass is 35.5. The number of nitrogens with zero attached hydrogens (tertiary/aromatic N) is 3. The third-order valence-electron chi connectivity index (χ3n) is 6.04. The van der Waals surface area contributed by atoms with Crippen molar-refractivity contribution < 1.29 is 27.1 Å². The summed E-state index contributed by atoms with van der Waals surface area (Å²) in [6.07, 6.45) is 1.58. The molecule has 1 aromatic heterocycles. The molecule has 2 fully saturated rings. The second kappa shape index (κ2) is 8.99. The van der Waals surface area contributed by atoms with E-state index in [9.17, 15) is 17.6 Å². The lowest BCUT2D eigenvalue weighted by molar-refractivity contribution is -0.141. The van der Waals surface area contributed by atoms with E-state index in [4.69, 9.17) is 21.1 Å². The number of hydrogen-bond donors (Lipinski definition) is 0. The Balaban J connectivity index is 1.71. The molecule has 2 aliphatic heterocycles. The van der Waals surface area contributed by atoms with Gasteiger partial charge in [-0.2, -0.15) is 5.10 Å². The zero-order valence-corrected chi connectivity index (χ0v) is 19.4. The number of carbonyl (C=O) groups excluding carboxylic acids is 1. The number of aromatic nitrogens is 2. The first-order valence-corrected chi connectivity index (χ1v) is 12.3. The van der Waals surface area contributed by atoms with Crippen LogP contribution in [0.15, 0.2) is 29.2 Å². The minimum absolute atomic E-state index is 0.0285. The molecule has 2 aromatic rings. The molecule has 11 heteroatoms. The molecule has 0 bridgehead atoms. The minimum atomic E-state index is -3.93. The fourth-order valence-electron chi connectivity index (χ4n) is 4.44. The van der Waals surface area contributed by atoms with Crippen LogP contribution in [0.4, 0.5) is 10.2 Å². The molecule has 1 unspecified atom stereocenters. The van der Waals surface area contributed by atoms with Crippen molar-refractivity contribution >= 4 is 33.2 Å². The average Bonchev–Trinajstić information content (AvgIpc) is 3.38. The quantitative estimate of drug-likeness (QED) is 0.475. The number of anilines is 1. The standard InChI is InChI=1S/C21H25ClFN3O5S/c1-13-9-20(26(24-13)15-5-7-31-8-6-15)25-12-16(11-18(25)21(27)30-2)32(28,29)19-4-3-14(23)10-17(19)22/h3-4,9-10,15-16,18H,5-8,11-12H2,1-2H3/t16-,18?/m1/s1. The lowest BCUT2D eigenvalue weighted by Gasteiger charge is -2.29. The van der Waals surface area contributed by atoms with Gasteiger partial charge in [-0.15, -0.1) is 0 Å². The second-order valence-electron chi connectivity index (χ2n) is 8.10. The molecule has 4 rings (SSSR count). The topological polar surface area (TPSA) is 90.7 Å². The molecule has 2 aliphatic rings. The Morgan fingerprint density at radius 2 is 2.00 bits per heavy atom. The Morgan fingerprint density at radius 3 is 2.66 bits per heavy atom. The van der Waals surface area contributed by atoms with Gasteiger partial charge in [0.15, 0.2) is 9.84 Å². The van der Waals surface area contributed by atoms with Crippen molar-refractivity contribution in [1.29, 1.82) is 0 Å². The van der Waals surface area contributed by atoms with Crippen molar-refractivity contribution in [2.75, 3.05) is 31.8 Å². The van der Waals surface area contributed by atoms with E-state index in [1.807, 2.05) is 17.7 Å². The fraction of sp³-hybridized carbons (Fsp3) is 0.524. The zero-order chi connectivity index (χ0) is 23.0. The Morgan fingerprint density at radius 1 is 1.28 bits per heavy atom. The SMILES string of the molecule is COC(=O)C1C[C@@H](S(=O)(=O)c2ccc(F)cc2Cl)CN1c1cc(C)nn1C1CCOCC1. The number of aryl methyl sites for hydroxylation is 1. The minimum Gasteiger partial charge on any atom is -0.467 e. The molecule has 0 N–H and O–H groups in total. The van der Waals surface area contributed by atoms with E-state index >= 15 is 0 Å². The van der Waals surface area contributed by atoms with Crippen LogP contribution in [0.2, 0.25) is 5.02 Å². The largest absolute Gasteiger partial charge is 0.467 e. The first-order valence-electron chi connectivity index (χ1n) is 10.4. The molecule has 2 atom stereocenters. The van der Waals surface area contributed by atoms with Crippen molar-refractivity contribution in [1.82, 2.24) is 9.78 Å². The van der Waals surface area contributed by atoms with Crippen LogP contribution in [0, 0.1) is 12.7 Å². The van der Waals surface area contributed by atoms with Crippen molar-refractivity contribution in [2.24, 2.45) is 0 Å². The molecule has 0 radical (unpaired) electrons. The Kier molecular flexibility index (Phi) is 6.46. The van der Waals surface area contributed by atoms with Gasteiger partial charge in [0.1, 0.15) is 17.7 Å². The van der Waals surface area contributed by atoms with Gasteiger partial charge in [-0.05, 0) is 44.4 Å². The van der Waals surface area contributed by atoms with Crippen molar-refractivity contribution in [3.63, 3.8) is 0 Å². The maximum atomic E-state index is 13.5. The summed E-state index contributed by atoms with van der Waals surface area (Å²) in [6.45, 7) is 3.15. The number of rotatable bonds is 5. The van der Waals surface area contributed by atoms with E-state index in [1.165, 1.54) is 13.2 Å². The average molecular weight is 486 g/mol. The highest BCUT2D eigenvalue weighted by molar-refractivity contribution is 7.92. The van der Waals surface area contributed by atoms with Gasteiger partial charge in [-0.1, -0.05) is 11.6 Å². The molecule has 0 aliphatic carbocycles. The summed E-state index contributed by atoms with van der Waals surface area (Å²) in [7, 11) is -2.65. The van der Waals surface area contributed by atoms with Crippen molar-refractivity contribution in [3.05, 3.63) is 40.8 Å². The highest BCUT2D eigenvalue weighted by Crippen LogP contribution is 2.37.